The van der Waals surface area contributed by atoms with Crippen molar-refractivity contribution in [1.29, 1.82) is 0 Å². The summed E-state index contributed by atoms with van der Waals surface area (Å²) >= 11 is 0. The molecule has 20 heavy (non-hydrogen) atoms. The van der Waals surface area contributed by atoms with Crippen molar-refractivity contribution in [3.05, 3.63) is 85.6 Å². The summed E-state index contributed by atoms with van der Waals surface area (Å²) in [7, 11) is 0. The molecule has 0 aliphatic carbocycles. The second-order valence-corrected chi connectivity index (χ2v) is 3.86. The van der Waals surface area contributed by atoms with Gasteiger partial charge in [-0.3, -0.25) is 4.79 Å². The molecule has 102 valence electrons. The van der Waals surface area contributed by atoms with Crippen molar-refractivity contribution < 1.29 is 4.79 Å². The number of H-pyrrole nitrogens is 1. The third-order valence-electron chi connectivity index (χ3n) is 2.59. The van der Waals surface area contributed by atoms with Crippen LogP contribution in [0.25, 0.3) is 5.57 Å². The van der Waals surface area contributed by atoms with E-state index in [0.29, 0.717) is 17.1 Å². The molecule has 1 N–H and O–H groups in total. The number of rotatable bonds is 7. The summed E-state index contributed by atoms with van der Waals surface area (Å²) in [5.41, 5.74) is 1.70. The van der Waals surface area contributed by atoms with Crippen LogP contribution in [0.15, 0.2) is 74.0 Å². The summed E-state index contributed by atoms with van der Waals surface area (Å²) < 4.78 is 0. The number of Topliss-reactive ketones (excluding diaryl/α,β-unsaturated/α-hetero) is 1. The van der Waals surface area contributed by atoms with Crippen molar-refractivity contribution in [3.8, 4) is 0 Å². The Bertz CT molecular complexity index is 613. The molecule has 0 unspecified atom stereocenters. The van der Waals surface area contributed by atoms with Crippen LogP contribution < -0.4 is 0 Å². The lowest BCUT2D eigenvalue weighted by Gasteiger charge is -1.97. The second-order valence-electron chi connectivity index (χ2n) is 3.86. The number of imidazole rings is 1. The maximum atomic E-state index is 12.1. The highest BCUT2D eigenvalue weighted by Gasteiger charge is 2.13. The van der Waals surface area contributed by atoms with Crippen molar-refractivity contribution in [3.63, 3.8) is 0 Å². The zero-order chi connectivity index (χ0) is 15.0. The van der Waals surface area contributed by atoms with Gasteiger partial charge in [-0.2, -0.15) is 0 Å². The SMILES string of the molecule is C=C/C=C\C(=C/C=C)c1nc(C(=O)/C(C=C)=C/C)c[nH]1. The number of nitrogens with one attached hydrogen (secondary N) is 1. The number of hydrogen-bond acceptors (Lipinski definition) is 2. The highest BCUT2D eigenvalue weighted by atomic mass is 16.1. The Balaban J connectivity index is 3.13. The average Bonchev–Trinajstić information content (AvgIpc) is 2.94. The number of ketones is 1. The van der Waals surface area contributed by atoms with E-state index in [1.807, 2.05) is 6.08 Å². The monoisotopic (exact) mass is 266 g/mol. The molecule has 0 amide bonds. The minimum absolute atomic E-state index is 0.157. The molecule has 0 fully saturated rings. The van der Waals surface area contributed by atoms with Crippen molar-refractivity contribution in [2.75, 3.05) is 0 Å². The standard InChI is InChI=1S/C17H18N2O/c1-5-9-11-14(10-6-2)17-18-12-15(19-17)16(20)13(7-3)8-4/h5-12H,1-3H2,4H3,(H,18,19)/b11-9-,13-8+,14-10+. The number of aromatic amines is 1. The lowest BCUT2D eigenvalue weighted by molar-refractivity contribution is 0.103. The predicted octanol–water partition coefficient (Wildman–Crippen LogP) is 4.04. The third kappa shape index (κ3) is 3.65. The first-order valence-electron chi connectivity index (χ1n) is 6.19. The summed E-state index contributed by atoms with van der Waals surface area (Å²) in [5.74, 6) is 0.446. The van der Waals surface area contributed by atoms with E-state index in [0.717, 1.165) is 5.57 Å². The van der Waals surface area contributed by atoms with E-state index in [4.69, 9.17) is 0 Å². The Morgan fingerprint density at radius 3 is 2.60 bits per heavy atom. The van der Waals surface area contributed by atoms with Gasteiger partial charge in [0, 0.05) is 17.3 Å². The molecule has 0 spiro atoms. The Morgan fingerprint density at radius 2 is 2.05 bits per heavy atom. The first kappa shape index (κ1) is 15.4. The van der Waals surface area contributed by atoms with Crippen LogP contribution >= 0.6 is 0 Å². The Morgan fingerprint density at radius 1 is 1.30 bits per heavy atom. The van der Waals surface area contributed by atoms with Gasteiger partial charge in [-0.25, -0.2) is 4.98 Å². The van der Waals surface area contributed by atoms with Crippen LogP contribution in [0.3, 0.4) is 0 Å². The number of aromatic nitrogens is 2. The van der Waals surface area contributed by atoms with Gasteiger partial charge < -0.3 is 4.98 Å². The molecule has 0 saturated heterocycles. The van der Waals surface area contributed by atoms with Crippen molar-refractivity contribution in [1.82, 2.24) is 9.97 Å². The molecule has 1 aromatic heterocycles. The van der Waals surface area contributed by atoms with Gasteiger partial charge in [0.15, 0.2) is 0 Å². The molecule has 0 aromatic carbocycles. The molecular formula is C17H18N2O. The topological polar surface area (TPSA) is 45.8 Å². The number of carbonyl (C=O) groups excluding carboxylic acids is 1. The molecule has 0 bridgehead atoms. The molecule has 1 heterocycles. The van der Waals surface area contributed by atoms with Crippen LogP contribution in [-0.2, 0) is 0 Å². The predicted molar refractivity (Wildman–Crippen MR) is 84.4 cm³/mol. The van der Waals surface area contributed by atoms with E-state index in [9.17, 15) is 4.79 Å². The van der Waals surface area contributed by atoms with Gasteiger partial charge in [0.2, 0.25) is 5.78 Å². The summed E-state index contributed by atoms with van der Waals surface area (Å²) in [4.78, 5) is 19.4. The van der Waals surface area contributed by atoms with Gasteiger partial charge in [-0.15, -0.1) is 0 Å². The van der Waals surface area contributed by atoms with Crippen LogP contribution in [0.5, 0.6) is 0 Å². The van der Waals surface area contributed by atoms with E-state index < -0.39 is 0 Å². The summed E-state index contributed by atoms with van der Waals surface area (Å²) in [6, 6.07) is 0. The minimum atomic E-state index is -0.157. The molecule has 3 nitrogen and oxygen atoms in total. The van der Waals surface area contributed by atoms with Crippen molar-refractivity contribution in [2.24, 2.45) is 0 Å². The highest BCUT2D eigenvalue weighted by molar-refractivity contribution is 6.09. The van der Waals surface area contributed by atoms with E-state index >= 15 is 0 Å². The molecule has 3 heteroatoms. The molecule has 0 atom stereocenters. The van der Waals surface area contributed by atoms with Gasteiger partial charge in [0.1, 0.15) is 11.5 Å². The number of allylic oxidation sites excluding steroid dienone is 9. The molecule has 1 rings (SSSR count). The zero-order valence-electron chi connectivity index (χ0n) is 11.6. The zero-order valence-corrected chi connectivity index (χ0v) is 11.6. The Hall–Kier alpha value is -2.68. The fourth-order valence-electron chi connectivity index (χ4n) is 1.59. The smallest absolute Gasteiger partial charge is 0.212 e. The highest BCUT2D eigenvalue weighted by Crippen LogP contribution is 2.15. The molecule has 0 radical (unpaired) electrons. The van der Waals surface area contributed by atoms with Gasteiger partial charge in [0.05, 0.1) is 0 Å². The largest absolute Gasteiger partial charge is 0.344 e. The maximum Gasteiger partial charge on any atom is 0.212 e. The van der Waals surface area contributed by atoms with E-state index in [-0.39, 0.29) is 5.78 Å². The van der Waals surface area contributed by atoms with Crippen LogP contribution in [0, 0.1) is 0 Å². The molecule has 1 aromatic rings. The molecule has 0 aliphatic heterocycles. The Kier molecular flexibility index (Phi) is 5.91. The molecular weight excluding hydrogens is 248 g/mol. The summed E-state index contributed by atoms with van der Waals surface area (Å²) in [6.45, 7) is 12.7. The quantitative estimate of drug-likeness (QED) is 0.460. The Labute approximate surface area is 119 Å². The summed E-state index contributed by atoms with van der Waals surface area (Å²) in [6.07, 6.45) is 13.6. The fourth-order valence-corrected chi connectivity index (χ4v) is 1.59. The number of nitrogens with zero attached hydrogens (tertiary/aromatic N) is 1. The van der Waals surface area contributed by atoms with Gasteiger partial charge >= 0.3 is 0 Å². The average molecular weight is 266 g/mol. The van der Waals surface area contributed by atoms with Gasteiger partial charge in [0.25, 0.3) is 0 Å². The number of carbonyl (C=O) groups is 1. The van der Waals surface area contributed by atoms with E-state index in [1.165, 1.54) is 6.08 Å². The minimum Gasteiger partial charge on any atom is -0.344 e. The second kappa shape index (κ2) is 7.69. The van der Waals surface area contributed by atoms with E-state index in [2.05, 4.69) is 29.7 Å². The molecule has 0 saturated carbocycles. The van der Waals surface area contributed by atoms with Crippen LogP contribution in [0.2, 0.25) is 0 Å². The maximum absolute atomic E-state index is 12.1. The van der Waals surface area contributed by atoms with Gasteiger partial charge in [-0.1, -0.05) is 62.3 Å². The first-order valence-corrected chi connectivity index (χ1v) is 6.19. The van der Waals surface area contributed by atoms with Crippen molar-refractivity contribution in [2.45, 2.75) is 6.92 Å². The third-order valence-corrected chi connectivity index (χ3v) is 2.59. The number of hydrogen-bond donors (Lipinski definition) is 1. The fraction of sp³-hybridized carbons (Fsp3) is 0.0588. The lowest BCUT2D eigenvalue weighted by atomic mass is 10.1. The van der Waals surface area contributed by atoms with Gasteiger partial charge in [-0.05, 0) is 6.92 Å². The lowest BCUT2D eigenvalue weighted by Crippen LogP contribution is -2.01. The van der Waals surface area contributed by atoms with Crippen LogP contribution in [-0.4, -0.2) is 15.8 Å². The first-order chi connectivity index (χ1) is 9.67. The van der Waals surface area contributed by atoms with Crippen molar-refractivity contribution >= 4 is 11.4 Å². The molecule has 0 aliphatic rings. The summed E-state index contributed by atoms with van der Waals surface area (Å²) in [5, 5.41) is 0. The van der Waals surface area contributed by atoms with E-state index in [1.54, 1.807) is 43.5 Å². The van der Waals surface area contributed by atoms with Crippen LogP contribution in [0.4, 0.5) is 0 Å². The normalized spacial score (nSPS) is 12.4. The van der Waals surface area contributed by atoms with Crippen LogP contribution in [0.1, 0.15) is 23.2 Å².